The van der Waals surface area contributed by atoms with E-state index in [4.69, 9.17) is 4.74 Å². The van der Waals surface area contributed by atoms with Gasteiger partial charge in [0, 0.05) is 43.3 Å². The van der Waals surface area contributed by atoms with Gasteiger partial charge in [0.2, 0.25) is 0 Å². The van der Waals surface area contributed by atoms with E-state index in [1.807, 2.05) is 6.92 Å². The second kappa shape index (κ2) is 7.99. The number of pyridine rings is 1. The lowest BCUT2D eigenvalue weighted by atomic mass is 9.90. The van der Waals surface area contributed by atoms with Gasteiger partial charge in [0.05, 0.1) is 7.11 Å². The molecule has 0 aliphatic carbocycles. The zero-order chi connectivity index (χ0) is 18.5. The summed E-state index contributed by atoms with van der Waals surface area (Å²) in [5.74, 6) is 0.848. The molecule has 2 amide bonds. The smallest absolute Gasteiger partial charge is 0.409 e. The average Bonchev–Trinajstić information content (AvgIpc) is 3.22. The largest absolute Gasteiger partial charge is 0.453 e. The Morgan fingerprint density at radius 2 is 2.08 bits per heavy atom. The summed E-state index contributed by atoms with van der Waals surface area (Å²) in [6.45, 7) is 3.31. The Morgan fingerprint density at radius 3 is 2.73 bits per heavy atom. The van der Waals surface area contributed by atoms with Crippen LogP contribution in [-0.2, 0) is 4.74 Å². The third-order valence-corrected chi connectivity index (χ3v) is 4.81. The van der Waals surface area contributed by atoms with Crippen LogP contribution in [0.4, 0.5) is 4.79 Å². The van der Waals surface area contributed by atoms with Gasteiger partial charge in [0.1, 0.15) is 12.1 Å². The van der Waals surface area contributed by atoms with Gasteiger partial charge in [0.25, 0.3) is 5.91 Å². The zero-order valence-electron chi connectivity index (χ0n) is 15.0. The van der Waals surface area contributed by atoms with Crippen molar-refractivity contribution in [3.05, 3.63) is 42.6 Å². The van der Waals surface area contributed by atoms with E-state index >= 15 is 0 Å². The molecular formula is C18H23N5O3. The van der Waals surface area contributed by atoms with Crippen molar-refractivity contribution in [1.29, 1.82) is 0 Å². The molecule has 8 nitrogen and oxygen atoms in total. The van der Waals surface area contributed by atoms with Crippen LogP contribution in [0, 0.1) is 5.92 Å². The number of likely N-dealkylation sites (tertiary alicyclic amines) is 1. The molecule has 26 heavy (non-hydrogen) atoms. The number of hydrogen-bond donors (Lipinski definition) is 1. The first-order chi connectivity index (χ1) is 12.6. The van der Waals surface area contributed by atoms with E-state index in [1.54, 1.807) is 46.5 Å². The first-order valence-corrected chi connectivity index (χ1v) is 8.66. The highest BCUT2D eigenvalue weighted by Crippen LogP contribution is 2.21. The molecule has 0 spiro atoms. The third-order valence-electron chi connectivity index (χ3n) is 4.81. The lowest BCUT2D eigenvalue weighted by Gasteiger charge is -2.34. The minimum atomic E-state index is -0.288. The van der Waals surface area contributed by atoms with Gasteiger partial charge in [-0.05, 0) is 37.8 Å². The van der Waals surface area contributed by atoms with Gasteiger partial charge in [-0.3, -0.25) is 9.36 Å². The van der Waals surface area contributed by atoms with E-state index in [-0.39, 0.29) is 18.0 Å². The fourth-order valence-electron chi connectivity index (χ4n) is 3.21. The highest BCUT2D eigenvalue weighted by Gasteiger charge is 2.27. The standard InChI is InChI=1S/C18H23N5O3/c1-13(14-4-8-22(9-5-14)18(25)26-2)21-17(24)15-3-6-20-16(11-15)23-10-7-19-12-23/h3,6-7,10-14H,4-5,8-9H2,1-2H3,(H,21,24). The molecule has 1 saturated heterocycles. The van der Waals surface area contributed by atoms with Crippen LogP contribution in [0.2, 0.25) is 0 Å². The number of nitrogens with one attached hydrogen (secondary N) is 1. The van der Waals surface area contributed by atoms with E-state index in [2.05, 4.69) is 15.3 Å². The maximum absolute atomic E-state index is 12.6. The summed E-state index contributed by atoms with van der Waals surface area (Å²) >= 11 is 0. The molecule has 138 valence electrons. The van der Waals surface area contributed by atoms with Crippen molar-refractivity contribution < 1.29 is 14.3 Å². The minimum absolute atomic E-state index is 0.0205. The van der Waals surface area contributed by atoms with Crippen LogP contribution in [0.25, 0.3) is 5.82 Å². The van der Waals surface area contributed by atoms with Crippen LogP contribution < -0.4 is 5.32 Å². The number of ether oxygens (including phenoxy) is 1. The Labute approximate surface area is 152 Å². The highest BCUT2D eigenvalue weighted by molar-refractivity contribution is 5.94. The van der Waals surface area contributed by atoms with Crippen molar-refractivity contribution >= 4 is 12.0 Å². The second-order valence-corrected chi connectivity index (χ2v) is 6.43. The van der Waals surface area contributed by atoms with Crippen molar-refractivity contribution in [2.24, 2.45) is 5.92 Å². The second-order valence-electron chi connectivity index (χ2n) is 6.43. The summed E-state index contributed by atoms with van der Waals surface area (Å²) < 4.78 is 6.51. The minimum Gasteiger partial charge on any atom is -0.453 e. The topological polar surface area (TPSA) is 89.4 Å². The van der Waals surface area contributed by atoms with Gasteiger partial charge in [-0.15, -0.1) is 0 Å². The fourth-order valence-corrected chi connectivity index (χ4v) is 3.21. The summed E-state index contributed by atoms with van der Waals surface area (Å²) in [7, 11) is 1.39. The van der Waals surface area contributed by atoms with Crippen LogP contribution in [0.1, 0.15) is 30.1 Å². The monoisotopic (exact) mass is 357 g/mol. The van der Waals surface area contributed by atoms with E-state index in [0.29, 0.717) is 30.4 Å². The molecule has 1 aliphatic heterocycles. The number of nitrogens with zero attached hydrogens (tertiary/aromatic N) is 4. The number of methoxy groups -OCH3 is 1. The van der Waals surface area contributed by atoms with Crippen molar-refractivity contribution in [3.8, 4) is 5.82 Å². The third kappa shape index (κ3) is 4.01. The summed E-state index contributed by atoms with van der Waals surface area (Å²) in [6, 6.07) is 3.46. The van der Waals surface area contributed by atoms with E-state index in [0.717, 1.165) is 12.8 Å². The number of carbonyl (C=O) groups excluding carboxylic acids is 2. The number of aromatic nitrogens is 3. The van der Waals surface area contributed by atoms with Gasteiger partial charge in [-0.25, -0.2) is 14.8 Å². The molecule has 0 radical (unpaired) electrons. The molecule has 2 aromatic rings. The Hall–Kier alpha value is -2.90. The molecule has 0 aromatic carbocycles. The summed E-state index contributed by atoms with van der Waals surface area (Å²) in [5, 5.41) is 3.07. The van der Waals surface area contributed by atoms with Crippen molar-refractivity contribution in [1.82, 2.24) is 24.8 Å². The molecule has 3 heterocycles. The maximum Gasteiger partial charge on any atom is 0.409 e. The van der Waals surface area contributed by atoms with E-state index in [9.17, 15) is 9.59 Å². The molecule has 1 aliphatic rings. The number of piperidine rings is 1. The molecule has 1 atom stereocenters. The average molecular weight is 357 g/mol. The molecule has 0 saturated carbocycles. The van der Waals surface area contributed by atoms with Crippen molar-refractivity contribution in [2.45, 2.75) is 25.8 Å². The van der Waals surface area contributed by atoms with Gasteiger partial charge in [0.15, 0.2) is 0 Å². The summed E-state index contributed by atoms with van der Waals surface area (Å²) in [5.41, 5.74) is 0.558. The Bertz CT molecular complexity index is 754. The number of carbonyl (C=O) groups is 2. The lowest BCUT2D eigenvalue weighted by molar-refractivity contribution is 0.0867. The van der Waals surface area contributed by atoms with Gasteiger partial charge in [-0.2, -0.15) is 0 Å². The van der Waals surface area contributed by atoms with Gasteiger partial charge >= 0.3 is 6.09 Å². The molecule has 0 bridgehead atoms. The van der Waals surface area contributed by atoms with Crippen molar-refractivity contribution in [2.75, 3.05) is 20.2 Å². The van der Waals surface area contributed by atoms with E-state index < -0.39 is 0 Å². The molecule has 3 rings (SSSR count). The molecule has 8 heteroatoms. The maximum atomic E-state index is 12.6. The number of amides is 2. The Morgan fingerprint density at radius 1 is 1.31 bits per heavy atom. The highest BCUT2D eigenvalue weighted by atomic mass is 16.5. The summed E-state index contributed by atoms with van der Waals surface area (Å²) in [6.07, 6.45) is 8.09. The Kier molecular flexibility index (Phi) is 5.50. The normalized spacial score (nSPS) is 16.2. The molecule has 1 N–H and O–H groups in total. The van der Waals surface area contributed by atoms with Gasteiger partial charge < -0.3 is 15.0 Å². The van der Waals surface area contributed by atoms with Crippen molar-refractivity contribution in [3.63, 3.8) is 0 Å². The fraction of sp³-hybridized carbons (Fsp3) is 0.444. The van der Waals surface area contributed by atoms with Crippen LogP contribution in [-0.4, -0.2) is 57.7 Å². The first kappa shape index (κ1) is 17.9. The van der Waals surface area contributed by atoms with Gasteiger partial charge in [-0.1, -0.05) is 0 Å². The van der Waals surface area contributed by atoms with Crippen LogP contribution >= 0.6 is 0 Å². The summed E-state index contributed by atoms with van der Waals surface area (Å²) in [4.78, 5) is 34.1. The lowest BCUT2D eigenvalue weighted by Crippen LogP contribution is -2.45. The number of hydrogen-bond acceptors (Lipinski definition) is 5. The Balaban J connectivity index is 1.58. The van der Waals surface area contributed by atoms with Crippen LogP contribution in [0.3, 0.4) is 0 Å². The first-order valence-electron chi connectivity index (χ1n) is 8.66. The molecule has 1 fully saturated rings. The van der Waals surface area contributed by atoms with E-state index in [1.165, 1.54) is 7.11 Å². The quantitative estimate of drug-likeness (QED) is 0.902. The zero-order valence-corrected chi connectivity index (χ0v) is 15.0. The predicted octanol–water partition coefficient (Wildman–Crippen LogP) is 1.86. The molecule has 1 unspecified atom stereocenters. The number of rotatable bonds is 4. The van der Waals surface area contributed by atoms with Crippen LogP contribution in [0.15, 0.2) is 37.1 Å². The predicted molar refractivity (Wildman–Crippen MR) is 95.0 cm³/mol. The molecule has 2 aromatic heterocycles. The number of imidazole rings is 1. The molecular weight excluding hydrogens is 334 g/mol. The van der Waals surface area contributed by atoms with Crippen LogP contribution in [0.5, 0.6) is 0 Å². The SMILES string of the molecule is COC(=O)N1CCC(C(C)NC(=O)c2ccnc(-n3ccnc3)c2)CC1.